The molecule has 1 fully saturated rings. The number of fused-ring (bicyclic) bond motifs is 3. The number of sulfonamides is 1. The number of aromatic nitrogens is 1. The standard InChI is InChI=1S/C29H29N5O10S/c35-27-22(16-31-45(41,42)25-8-4-3-7-23(25)34(39)40)32-29(38)43-13-5-1-2-6-18-9-10-19-11-12-30-26(21(19)14-18)44-20-15-24(28(36)37)33(27)17-20/h2-4,6-12,14,20,22,24,31H,1,5,13,15-17H2,(H,32,38)(H,36,37)/b6-2+/t20-,22+,24+/m1/s1. The average Bonchev–Trinajstić information content (AvgIpc) is 3.44. The number of benzene rings is 2. The smallest absolute Gasteiger partial charge is 0.407 e. The lowest BCUT2D eigenvalue weighted by Crippen LogP contribution is -2.56. The summed E-state index contributed by atoms with van der Waals surface area (Å²) < 4.78 is 39.6. The molecule has 0 aliphatic carbocycles. The predicted molar refractivity (Wildman–Crippen MR) is 159 cm³/mol. The van der Waals surface area contributed by atoms with Crippen LogP contribution in [-0.2, 0) is 24.3 Å². The second-order valence-corrected chi connectivity index (χ2v) is 12.1. The number of nitrogens with one attached hydrogen (secondary N) is 2. The summed E-state index contributed by atoms with van der Waals surface area (Å²) in [6.45, 7) is -0.993. The van der Waals surface area contributed by atoms with Crippen molar-refractivity contribution >= 4 is 50.5 Å². The van der Waals surface area contributed by atoms with E-state index in [-0.39, 0.29) is 25.5 Å². The number of hydrogen-bond donors (Lipinski definition) is 3. The zero-order chi connectivity index (χ0) is 32.1. The first kappa shape index (κ1) is 31.3. The summed E-state index contributed by atoms with van der Waals surface area (Å²) >= 11 is 0. The predicted octanol–water partition coefficient (Wildman–Crippen LogP) is 2.46. The number of carbonyl (C=O) groups is 3. The number of cyclic esters (lactones) is 1. The molecule has 1 saturated heterocycles. The van der Waals surface area contributed by atoms with Crippen LogP contribution in [-0.4, -0.2) is 84.2 Å². The van der Waals surface area contributed by atoms with Crippen molar-refractivity contribution in [2.24, 2.45) is 0 Å². The fraction of sp³-hybridized carbons (Fsp3) is 0.310. The minimum atomic E-state index is -4.56. The second kappa shape index (κ2) is 13.3. The molecule has 236 valence electrons. The van der Waals surface area contributed by atoms with Crippen molar-refractivity contribution in [1.82, 2.24) is 19.9 Å². The largest absolute Gasteiger partial charge is 0.480 e. The number of carboxylic acids is 1. The van der Waals surface area contributed by atoms with Crippen LogP contribution in [0.5, 0.6) is 5.88 Å². The molecular formula is C29H29N5O10S. The van der Waals surface area contributed by atoms with Crippen LogP contribution in [0.3, 0.4) is 0 Å². The molecule has 15 nitrogen and oxygen atoms in total. The maximum atomic E-state index is 13.8. The van der Waals surface area contributed by atoms with Crippen molar-refractivity contribution in [3.8, 4) is 5.88 Å². The van der Waals surface area contributed by atoms with Gasteiger partial charge in [-0.3, -0.25) is 14.9 Å². The van der Waals surface area contributed by atoms with Gasteiger partial charge in [0.05, 0.1) is 18.1 Å². The van der Waals surface area contributed by atoms with Gasteiger partial charge in [0.25, 0.3) is 5.69 Å². The van der Waals surface area contributed by atoms with Gasteiger partial charge in [0.1, 0.15) is 18.2 Å². The third-order valence-electron chi connectivity index (χ3n) is 7.34. The quantitative estimate of drug-likeness (QED) is 0.264. The number of nitro groups is 1. The monoisotopic (exact) mass is 639 g/mol. The minimum absolute atomic E-state index is 0.0256. The molecule has 0 unspecified atom stereocenters. The van der Waals surface area contributed by atoms with Crippen molar-refractivity contribution in [2.75, 3.05) is 19.7 Å². The molecule has 2 aliphatic heterocycles. The summed E-state index contributed by atoms with van der Waals surface area (Å²) in [5.74, 6) is -2.00. The first-order valence-electron chi connectivity index (χ1n) is 13.9. The fourth-order valence-corrected chi connectivity index (χ4v) is 6.37. The van der Waals surface area contributed by atoms with Gasteiger partial charge in [0.2, 0.25) is 21.8 Å². The first-order chi connectivity index (χ1) is 21.5. The summed E-state index contributed by atoms with van der Waals surface area (Å²) in [6, 6.07) is 9.13. The molecule has 4 bridgehead atoms. The molecule has 1 aromatic heterocycles. The van der Waals surface area contributed by atoms with Gasteiger partial charge < -0.3 is 24.8 Å². The third kappa shape index (κ3) is 7.18. The summed E-state index contributed by atoms with van der Waals surface area (Å²) in [7, 11) is -4.56. The molecule has 2 aliphatic rings. The number of allylic oxidation sites excluding steroid dienone is 1. The van der Waals surface area contributed by atoms with Gasteiger partial charge in [-0.05, 0) is 42.0 Å². The Morgan fingerprint density at radius 2 is 2.00 bits per heavy atom. The Hall–Kier alpha value is -5.09. The van der Waals surface area contributed by atoms with Crippen molar-refractivity contribution in [1.29, 1.82) is 0 Å². The second-order valence-electron chi connectivity index (χ2n) is 10.4. The normalized spacial score (nSPS) is 21.7. The van der Waals surface area contributed by atoms with Crippen molar-refractivity contribution < 1.29 is 42.3 Å². The van der Waals surface area contributed by atoms with E-state index in [9.17, 15) is 38.0 Å². The Bertz CT molecular complexity index is 1780. The van der Waals surface area contributed by atoms with Crippen LogP contribution < -0.4 is 14.8 Å². The van der Waals surface area contributed by atoms with Gasteiger partial charge in [-0.2, -0.15) is 0 Å². The Labute approximate surface area is 257 Å². The highest BCUT2D eigenvalue weighted by molar-refractivity contribution is 7.89. The molecule has 2 aromatic carbocycles. The number of carboxylic acid groups (broad SMARTS) is 1. The van der Waals surface area contributed by atoms with Crippen LogP contribution in [0.25, 0.3) is 16.8 Å². The minimum Gasteiger partial charge on any atom is -0.480 e. The maximum absolute atomic E-state index is 13.8. The lowest BCUT2D eigenvalue weighted by molar-refractivity contribution is -0.387. The molecule has 0 saturated carbocycles. The van der Waals surface area contributed by atoms with Crippen LogP contribution in [0, 0.1) is 10.1 Å². The molecule has 0 radical (unpaired) electrons. The molecule has 3 atom stereocenters. The van der Waals surface area contributed by atoms with E-state index in [4.69, 9.17) is 9.47 Å². The van der Waals surface area contributed by atoms with Gasteiger partial charge in [-0.1, -0.05) is 36.4 Å². The van der Waals surface area contributed by atoms with Crippen LogP contribution in [0.15, 0.2) is 65.7 Å². The number of hydrogen-bond acceptors (Lipinski definition) is 10. The zero-order valence-electron chi connectivity index (χ0n) is 23.7. The number of nitrogens with zero attached hydrogens (tertiary/aromatic N) is 3. The number of amides is 2. The summed E-state index contributed by atoms with van der Waals surface area (Å²) in [6.07, 6.45) is 4.39. The first-order valence-corrected chi connectivity index (χ1v) is 15.4. The number of para-hydroxylation sites is 1. The van der Waals surface area contributed by atoms with Crippen molar-refractivity contribution in [2.45, 2.75) is 42.3 Å². The highest BCUT2D eigenvalue weighted by atomic mass is 32.2. The Morgan fingerprint density at radius 3 is 2.78 bits per heavy atom. The van der Waals surface area contributed by atoms with Crippen LogP contribution in [0.1, 0.15) is 24.8 Å². The van der Waals surface area contributed by atoms with Gasteiger partial charge >= 0.3 is 12.1 Å². The number of pyridine rings is 1. The highest BCUT2D eigenvalue weighted by Gasteiger charge is 2.44. The summed E-state index contributed by atoms with van der Waals surface area (Å²) in [5.41, 5.74) is 0.181. The Morgan fingerprint density at radius 1 is 1.20 bits per heavy atom. The number of alkyl carbamates (subject to hydrolysis) is 1. The SMILES string of the molecule is O=C1N[C@@H](CNS(=O)(=O)c2ccccc2[N+](=O)[O-])C(=O)N2C[C@@H](C[C@H]2C(=O)O)Oc2nccc3ccc(cc23)/C=C/CCCO1. The third-order valence-corrected chi connectivity index (χ3v) is 8.81. The van der Waals surface area contributed by atoms with Crippen molar-refractivity contribution in [3.05, 3.63) is 76.5 Å². The van der Waals surface area contributed by atoms with Gasteiger partial charge in [0.15, 0.2) is 4.90 Å². The molecule has 45 heavy (non-hydrogen) atoms. The molecule has 5 rings (SSSR count). The van der Waals surface area contributed by atoms with Gasteiger partial charge in [-0.25, -0.2) is 27.7 Å². The van der Waals surface area contributed by atoms with Crippen LogP contribution in [0.2, 0.25) is 0 Å². The van der Waals surface area contributed by atoms with E-state index < -0.39 is 68.2 Å². The van der Waals surface area contributed by atoms with E-state index in [1.807, 2.05) is 36.4 Å². The lowest BCUT2D eigenvalue weighted by atomic mass is 10.1. The molecule has 2 amide bonds. The molecule has 0 spiro atoms. The molecule has 3 aromatic rings. The topological polar surface area (TPSA) is 207 Å². The number of aliphatic carboxylic acids is 1. The Kier molecular flexibility index (Phi) is 9.24. The number of carbonyl (C=O) groups excluding carboxylic acids is 2. The Balaban J connectivity index is 1.45. The molecule has 3 N–H and O–H groups in total. The van der Waals surface area contributed by atoms with E-state index in [0.29, 0.717) is 18.2 Å². The lowest BCUT2D eigenvalue weighted by Gasteiger charge is -2.27. The maximum Gasteiger partial charge on any atom is 0.407 e. The zero-order valence-corrected chi connectivity index (χ0v) is 24.5. The summed E-state index contributed by atoms with van der Waals surface area (Å²) in [4.78, 5) is 53.9. The average molecular weight is 640 g/mol. The van der Waals surface area contributed by atoms with E-state index in [1.165, 1.54) is 12.1 Å². The van der Waals surface area contributed by atoms with Crippen molar-refractivity contribution in [3.63, 3.8) is 0 Å². The van der Waals surface area contributed by atoms with E-state index >= 15 is 0 Å². The molecule has 16 heteroatoms. The van der Waals surface area contributed by atoms with E-state index in [1.54, 1.807) is 6.20 Å². The highest BCUT2D eigenvalue weighted by Crippen LogP contribution is 2.30. The van der Waals surface area contributed by atoms with Crippen LogP contribution in [0.4, 0.5) is 10.5 Å². The van der Waals surface area contributed by atoms with Crippen LogP contribution >= 0.6 is 0 Å². The number of nitro benzene ring substituents is 1. The number of ether oxygens (including phenoxy) is 2. The van der Waals surface area contributed by atoms with Gasteiger partial charge in [-0.15, -0.1) is 0 Å². The summed E-state index contributed by atoms with van der Waals surface area (Å²) in [5, 5.41) is 25.2. The van der Waals surface area contributed by atoms with Gasteiger partial charge in [0, 0.05) is 30.6 Å². The van der Waals surface area contributed by atoms with E-state index in [0.717, 1.165) is 28.0 Å². The molecular weight excluding hydrogens is 610 g/mol. The molecule has 3 heterocycles. The number of rotatable bonds is 6. The van der Waals surface area contributed by atoms with E-state index in [2.05, 4.69) is 15.0 Å². The fourth-order valence-electron chi connectivity index (χ4n) is 5.15.